The van der Waals surface area contributed by atoms with Crippen LogP contribution in [0.3, 0.4) is 0 Å². The first-order valence-electron chi connectivity index (χ1n) is 6.18. The lowest BCUT2D eigenvalue weighted by Gasteiger charge is -2.31. The number of nitrogens with one attached hydrogen (secondary N) is 2. The summed E-state index contributed by atoms with van der Waals surface area (Å²) in [5.74, 6) is 1.90. The zero-order valence-electron chi connectivity index (χ0n) is 10.5. The third-order valence-corrected chi connectivity index (χ3v) is 4.56. The zero-order valence-corrected chi connectivity index (χ0v) is 12.9. The maximum atomic E-state index is 11.8. The van der Waals surface area contributed by atoms with Crippen molar-refractivity contribution in [2.45, 2.75) is 18.4 Å². The standard InChI is InChI=1S/C13H17BrN2O2S/c14-10-2-1-3-11(8-10)16-12(17)15-9-13(18)4-6-19-7-5-13/h1-3,8,18H,4-7,9H2,(H2,15,16,17). The number of aliphatic hydroxyl groups is 1. The first-order chi connectivity index (χ1) is 9.07. The van der Waals surface area contributed by atoms with E-state index in [1.807, 2.05) is 36.0 Å². The molecule has 2 rings (SSSR count). The molecule has 1 aromatic rings. The van der Waals surface area contributed by atoms with Gasteiger partial charge in [-0.1, -0.05) is 22.0 Å². The van der Waals surface area contributed by atoms with Crippen molar-refractivity contribution in [1.29, 1.82) is 0 Å². The number of urea groups is 1. The molecule has 1 aromatic carbocycles. The first-order valence-corrected chi connectivity index (χ1v) is 8.13. The lowest BCUT2D eigenvalue weighted by Crippen LogP contribution is -2.46. The van der Waals surface area contributed by atoms with Gasteiger partial charge in [0.1, 0.15) is 0 Å². The number of carbonyl (C=O) groups is 1. The molecule has 0 aliphatic carbocycles. The third-order valence-electron chi connectivity index (χ3n) is 3.08. The lowest BCUT2D eigenvalue weighted by molar-refractivity contribution is 0.0351. The minimum absolute atomic E-state index is 0.287. The molecule has 4 nitrogen and oxygen atoms in total. The third kappa shape index (κ3) is 4.71. The van der Waals surface area contributed by atoms with Crippen LogP contribution in [0.4, 0.5) is 10.5 Å². The maximum Gasteiger partial charge on any atom is 0.319 e. The van der Waals surface area contributed by atoms with Crippen LogP contribution in [0.1, 0.15) is 12.8 Å². The van der Waals surface area contributed by atoms with Crippen molar-refractivity contribution in [2.75, 3.05) is 23.4 Å². The van der Waals surface area contributed by atoms with E-state index in [0.717, 1.165) is 34.5 Å². The second-order valence-electron chi connectivity index (χ2n) is 4.65. The molecular weight excluding hydrogens is 328 g/mol. The van der Waals surface area contributed by atoms with Crippen LogP contribution in [0, 0.1) is 0 Å². The van der Waals surface area contributed by atoms with Gasteiger partial charge in [0.05, 0.1) is 5.60 Å². The van der Waals surface area contributed by atoms with Gasteiger partial charge in [0.25, 0.3) is 0 Å². The molecule has 0 atom stereocenters. The Balaban J connectivity index is 1.81. The maximum absolute atomic E-state index is 11.8. The number of amides is 2. The molecule has 0 bridgehead atoms. The van der Waals surface area contributed by atoms with Crippen molar-refractivity contribution in [3.8, 4) is 0 Å². The molecule has 6 heteroatoms. The number of hydrogen-bond donors (Lipinski definition) is 3. The molecule has 104 valence electrons. The van der Waals surface area contributed by atoms with Gasteiger partial charge in [-0.15, -0.1) is 0 Å². The van der Waals surface area contributed by atoms with Crippen molar-refractivity contribution in [3.63, 3.8) is 0 Å². The van der Waals surface area contributed by atoms with Gasteiger partial charge in [-0.2, -0.15) is 11.8 Å². The fourth-order valence-electron chi connectivity index (χ4n) is 1.91. The zero-order chi connectivity index (χ0) is 13.7. The Hall–Kier alpha value is -0.720. The Bertz CT molecular complexity index is 450. The summed E-state index contributed by atoms with van der Waals surface area (Å²) >= 11 is 5.19. The van der Waals surface area contributed by atoms with E-state index in [2.05, 4.69) is 26.6 Å². The summed E-state index contributed by atoms with van der Waals surface area (Å²) in [7, 11) is 0. The molecule has 1 fully saturated rings. The molecule has 0 unspecified atom stereocenters. The van der Waals surface area contributed by atoms with Gasteiger partial charge in [0.15, 0.2) is 0 Å². The summed E-state index contributed by atoms with van der Waals surface area (Å²) < 4.78 is 0.910. The molecule has 19 heavy (non-hydrogen) atoms. The highest BCUT2D eigenvalue weighted by molar-refractivity contribution is 9.10. The summed E-state index contributed by atoms with van der Waals surface area (Å²) in [6.45, 7) is 0.299. The fraction of sp³-hybridized carbons (Fsp3) is 0.462. The molecule has 1 aliphatic rings. The van der Waals surface area contributed by atoms with Gasteiger partial charge in [-0.05, 0) is 42.5 Å². The SMILES string of the molecule is O=C(NCC1(O)CCSCC1)Nc1cccc(Br)c1. The largest absolute Gasteiger partial charge is 0.388 e. The number of hydrogen-bond acceptors (Lipinski definition) is 3. The number of rotatable bonds is 3. The van der Waals surface area contributed by atoms with Gasteiger partial charge >= 0.3 is 6.03 Å². The average molecular weight is 345 g/mol. The second-order valence-corrected chi connectivity index (χ2v) is 6.80. The topological polar surface area (TPSA) is 61.4 Å². The molecule has 0 radical (unpaired) electrons. The lowest BCUT2D eigenvalue weighted by atomic mass is 9.97. The van der Waals surface area contributed by atoms with E-state index in [1.54, 1.807) is 0 Å². The molecule has 1 saturated heterocycles. The molecule has 0 aromatic heterocycles. The van der Waals surface area contributed by atoms with E-state index >= 15 is 0 Å². The average Bonchev–Trinajstić information content (AvgIpc) is 2.38. The number of anilines is 1. The van der Waals surface area contributed by atoms with Crippen molar-refractivity contribution in [3.05, 3.63) is 28.7 Å². The monoisotopic (exact) mass is 344 g/mol. The number of thioether (sulfide) groups is 1. The molecule has 1 heterocycles. The summed E-state index contributed by atoms with van der Waals surface area (Å²) in [6.07, 6.45) is 1.46. The molecular formula is C13H17BrN2O2S. The quantitative estimate of drug-likeness (QED) is 0.790. The van der Waals surface area contributed by atoms with Gasteiger partial charge in [0.2, 0.25) is 0 Å². The van der Waals surface area contributed by atoms with E-state index in [9.17, 15) is 9.90 Å². The number of halogens is 1. The molecule has 0 saturated carbocycles. The Labute approximate surface area is 125 Å². The van der Waals surface area contributed by atoms with Crippen molar-refractivity contribution < 1.29 is 9.90 Å². The minimum Gasteiger partial charge on any atom is -0.388 e. The number of benzene rings is 1. The second kappa shape index (κ2) is 6.63. The van der Waals surface area contributed by atoms with Gasteiger partial charge < -0.3 is 15.7 Å². The van der Waals surface area contributed by atoms with Gasteiger partial charge in [0, 0.05) is 16.7 Å². The summed E-state index contributed by atoms with van der Waals surface area (Å²) in [6, 6.07) is 7.10. The Morgan fingerprint density at radius 2 is 2.16 bits per heavy atom. The van der Waals surface area contributed by atoms with Crippen molar-refractivity contribution >= 4 is 39.4 Å². The van der Waals surface area contributed by atoms with Crippen LogP contribution in [0.25, 0.3) is 0 Å². The van der Waals surface area contributed by atoms with Crippen molar-refractivity contribution in [1.82, 2.24) is 5.32 Å². The van der Waals surface area contributed by atoms with Crippen LogP contribution >= 0.6 is 27.7 Å². The highest BCUT2D eigenvalue weighted by Gasteiger charge is 2.29. The van der Waals surface area contributed by atoms with Crippen molar-refractivity contribution in [2.24, 2.45) is 0 Å². The van der Waals surface area contributed by atoms with E-state index in [-0.39, 0.29) is 6.03 Å². The predicted octanol–water partition coefficient (Wildman–Crippen LogP) is 2.83. The van der Waals surface area contributed by atoms with Gasteiger partial charge in [-0.25, -0.2) is 4.79 Å². The normalized spacial score (nSPS) is 17.8. The molecule has 1 aliphatic heterocycles. The van der Waals surface area contributed by atoms with E-state index in [0.29, 0.717) is 6.54 Å². The highest BCUT2D eigenvalue weighted by atomic mass is 79.9. The van der Waals surface area contributed by atoms with E-state index < -0.39 is 5.60 Å². The van der Waals surface area contributed by atoms with Crippen LogP contribution in [0.15, 0.2) is 28.7 Å². The summed E-state index contributed by atoms with van der Waals surface area (Å²) in [4.78, 5) is 11.8. The van der Waals surface area contributed by atoms with E-state index in [1.165, 1.54) is 0 Å². The Morgan fingerprint density at radius 3 is 2.84 bits per heavy atom. The first kappa shape index (κ1) is 14.7. The van der Waals surface area contributed by atoms with Crippen LogP contribution in [-0.4, -0.2) is 34.8 Å². The van der Waals surface area contributed by atoms with Crippen LogP contribution in [0.2, 0.25) is 0 Å². The molecule has 3 N–H and O–H groups in total. The van der Waals surface area contributed by atoms with E-state index in [4.69, 9.17) is 0 Å². The van der Waals surface area contributed by atoms with Gasteiger partial charge in [-0.3, -0.25) is 0 Å². The molecule has 0 spiro atoms. The number of carbonyl (C=O) groups excluding carboxylic acids is 1. The minimum atomic E-state index is -0.750. The summed E-state index contributed by atoms with van der Waals surface area (Å²) in [5.41, 5.74) is -0.0297. The molecule has 2 amide bonds. The smallest absolute Gasteiger partial charge is 0.319 e. The Morgan fingerprint density at radius 1 is 1.42 bits per heavy atom. The predicted molar refractivity (Wildman–Crippen MR) is 82.7 cm³/mol. The highest BCUT2D eigenvalue weighted by Crippen LogP contribution is 2.26. The fourth-order valence-corrected chi connectivity index (χ4v) is 3.57. The van der Waals surface area contributed by atoms with Crippen LogP contribution in [-0.2, 0) is 0 Å². The summed E-state index contributed by atoms with van der Waals surface area (Å²) in [5, 5.41) is 15.7. The van der Waals surface area contributed by atoms with Crippen LogP contribution < -0.4 is 10.6 Å². The Kier molecular flexibility index (Phi) is 5.13. The van der Waals surface area contributed by atoms with Crippen LogP contribution in [0.5, 0.6) is 0 Å².